The fourth-order valence-electron chi connectivity index (χ4n) is 4.01. The highest BCUT2D eigenvalue weighted by molar-refractivity contribution is 8.00. The van der Waals surface area contributed by atoms with E-state index in [0.717, 1.165) is 28.3 Å². The van der Waals surface area contributed by atoms with Crippen molar-refractivity contribution in [1.82, 2.24) is 0 Å². The van der Waals surface area contributed by atoms with Crippen LogP contribution in [0.3, 0.4) is 0 Å². The maximum absolute atomic E-state index is 2.46. The van der Waals surface area contributed by atoms with E-state index < -0.39 is 0 Å². The second-order valence-electron chi connectivity index (χ2n) is 5.74. The van der Waals surface area contributed by atoms with Gasteiger partial charge in [-0.15, -0.1) is 0 Å². The first kappa shape index (κ1) is 9.57. The molecule has 80 valence electrons. The molecule has 14 heavy (non-hydrogen) atoms. The molecule has 0 spiro atoms. The fourth-order valence-corrected chi connectivity index (χ4v) is 6.28. The van der Waals surface area contributed by atoms with Crippen molar-refractivity contribution < 1.29 is 0 Å². The standard InChI is InChI=1S/C13H22S/c1-9-6-7-11-10-4-2-3-5-12(10)14-13(11)8-9/h9-13H,2-8H2,1H3. The van der Waals surface area contributed by atoms with Crippen LogP contribution >= 0.6 is 11.8 Å². The van der Waals surface area contributed by atoms with Crippen LogP contribution in [0.25, 0.3) is 0 Å². The van der Waals surface area contributed by atoms with E-state index in [9.17, 15) is 0 Å². The molecule has 0 radical (unpaired) electrons. The number of fused-ring (bicyclic) bond motifs is 3. The van der Waals surface area contributed by atoms with Gasteiger partial charge in [-0.25, -0.2) is 0 Å². The molecule has 0 amide bonds. The van der Waals surface area contributed by atoms with Crippen LogP contribution in [-0.4, -0.2) is 10.5 Å². The van der Waals surface area contributed by atoms with E-state index in [1.807, 2.05) is 0 Å². The van der Waals surface area contributed by atoms with Crippen molar-refractivity contribution >= 4 is 11.8 Å². The molecule has 2 saturated carbocycles. The van der Waals surface area contributed by atoms with Crippen LogP contribution in [0, 0.1) is 17.8 Å². The molecule has 3 rings (SSSR count). The van der Waals surface area contributed by atoms with Crippen molar-refractivity contribution in [2.24, 2.45) is 17.8 Å². The summed E-state index contributed by atoms with van der Waals surface area (Å²) >= 11 is 2.38. The zero-order chi connectivity index (χ0) is 9.54. The summed E-state index contributed by atoms with van der Waals surface area (Å²) in [5.74, 6) is 3.27. The molecular weight excluding hydrogens is 188 g/mol. The Morgan fingerprint density at radius 3 is 2.57 bits per heavy atom. The molecule has 3 aliphatic rings. The van der Waals surface area contributed by atoms with Crippen LogP contribution in [-0.2, 0) is 0 Å². The summed E-state index contributed by atoms with van der Waals surface area (Å²) < 4.78 is 0. The lowest BCUT2D eigenvalue weighted by atomic mass is 9.71. The van der Waals surface area contributed by atoms with Gasteiger partial charge < -0.3 is 0 Å². The predicted octanol–water partition coefficient (Wildman–Crippen LogP) is 4.10. The fraction of sp³-hybridized carbons (Fsp3) is 1.00. The first-order valence-corrected chi connectivity index (χ1v) is 7.44. The Morgan fingerprint density at radius 1 is 0.857 bits per heavy atom. The molecule has 5 atom stereocenters. The van der Waals surface area contributed by atoms with E-state index >= 15 is 0 Å². The van der Waals surface area contributed by atoms with Gasteiger partial charge in [0.15, 0.2) is 0 Å². The molecule has 0 N–H and O–H groups in total. The first-order chi connectivity index (χ1) is 6.84. The third-order valence-corrected chi connectivity index (χ3v) is 6.58. The Bertz CT molecular complexity index is 213. The topological polar surface area (TPSA) is 0 Å². The van der Waals surface area contributed by atoms with Crippen molar-refractivity contribution in [3.05, 3.63) is 0 Å². The summed E-state index contributed by atoms with van der Waals surface area (Å²) in [7, 11) is 0. The predicted molar refractivity (Wildman–Crippen MR) is 63.6 cm³/mol. The lowest BCUT2D eigenvalue weighted by molar-refractivity contribution is 0.206. The van der Waals surface area contributed by atoms with E-state index in [1.165, 1.54) is 32.1 Å². The molecule has 1 aliphatic heterocycles. The van der Waals surface area contributed by atoms with Crippen molar-refractivity contribution in [3.8, 4) is 0 Å². The molecule has 0 aromatic rings. The van der Waals surface area contributed by atoms with E-state index in [4.69, 9.17) is 0 Å². The monoisotopic (exact) mass is 210 g/mol. The van der Waals surface area contributed by atoms with Crippen molar-refractivity contribution in [1.29, 1.82) is 0 Å². The number of thioether (sulfide) groups is 1. The normalized spacial score (nSPS) is 52.5. The van der Waals surface area contributed by atoms with Crippen LogP contribution in [0.2, 0.25) is 0 Å². The summed E-state index contributed by atoms with van der Waals surface area (Å²) in [4.78, 5) is 0. The van der Waals surface area contributed by atoms with Gasteiger partial charge >= 0.3 is 0 Å². The van der Waals surface area contributed by atoms with Gasteiger partial charge in [0.05, 0.1) is 0 Å². The third-order valence-electron chi connectivity index (χ3n) is 4.76. The highest BCUT2D eigenvalue weighted by atomic mass is 32.2. The molecule has 1 saturated heterocycles. The molecule has 1 heteroatoms. The molecule has 2 aliphatic carbocycles. The minimum atomic E-state index is 1.02. The van der Waals surface area contributed by atoms with Crippen molar-refractivity contribution in [2.75, 3.05) is 0 Å². The summed E-state index contributed by atoms with van der Waals surface area (Å²) in [6.45, 7) is 2.46. The molecular formula is C13H22S. The van der Waals surface area contributed by atoms with Crippen LogP contribution in [0.4, 0.5) is 0 Å². The van der Waals surface area contributed by atoms with E-state index in [-0.39, 0.29) is 0 Å². The smallest absolute Gasteiger partial charge is 0.00837 e. The van der Waals surface area contributed by atoms with E-state index in [0.29, 0.717) is 0 Å². The summed E-state index contributed by atoms with van der Waals surface area (Å²) in [6.07, 6.45) is 10.8. The van der Waals surface area contributed by atoms with E-state index in [2.05, 4.69) is 18.7 Å². The Morgan fingerprint density at radius 2 is 1.64 bits per heavy atom. The Labute approximate surface area is 92.2 Å². The second-order valence-corrected chi connectivity index (χ2v) is 7.23. The lowest BCUT2D eigenvalue weighted by Gasteiger charge is -2.33. The van der Waals surface area contributed by atoms with Crippen LogP contribution < -0.4 is 0 Å². The zero-order valence-electron chi connectivity index (χ0n) is 9.24. The Kier molecular flexibility index (Phi) is 2.55. The zero-order valence-corrected chi connectivity index (χ0v) is 10.1. The van der Waals surface area contributed by atoms with E-state index in [1.54, 1.807) is 12.8 Å². The minimum absolute atomic E-state index is 1.02. The second kappa shape index (κ2) is 3.73. The lowest BCUT2D eigenvalue weighted by Crippen LogP contribution is -2.29. The van der Waals surface area contributed by atoms with Crippen molar-refractivity contribution in [2.45, 2.75) is 62.4 Å². The maximum atomic E-state index is 2.46. The van der Waals surface area contributed by atoms with Gasteiger partial charge in [-0.3, -0.25) is 0 Å². The molecule has 0 aromatic carbocycles. The SMILES string of the molecule is CC1CCC2C(C1)SC1CCCCC12. The third kappa shape index (κ3) is 1.52. The molecule has 5 unspecified atom stereocenters. The number of hydrogen-bond acceptors (Lipinski definition) is 1. The van der Waals surface area contributed by atoms with Crippen LogP contribution in [0.1, 0.15) is 51.9 Å². The van der Waals surface area contributed by atoms with Crippen molar-refractivity contribution in [3.63, 3.8) is 0 Å². The molecule has 0 nitrogen and oxygen atoms in total. The van der Waals surface area contributed by atoms with Crippen LogP contribution in [0.5, 0.6) is 0 Å². The average molecular weight is 210 g/mol. The molecule has 0 aromatic heterocycles. The average Bonchev–Trinajstić information content (AvgIpc) is 2.54. The Hall–Kier alpha value is 0.350. The number of rotatable bonds is 0. The summed E-state index contributed by atoms with van der Waals surface area (Å²) in [6, 6.07) is 0. The Balaban J connectivity index is 1.74. The summed E-state index contributed by atoms with van der Waals surface area (Å²) in [5.41, 5.74) is 0. The first-order valence-electron chi connectivity index (χ1n) is 6.50. The summed E-state index contributed by atoms with van der Waals surface area (Å²) in [5, 5.41) is 2.14. The van der Waals surface area contributed by atoms with Gasteiger partial charge in [0.25, 0.3) is 0 Å². The van der Waals surface area contributed by atoms with Gasteiger partial charge in [0, 0.05) is 10.5 Å². The van der Waals surface area contributed by atoms with Gasteiger partial charge in [-0.05, 0) is 43.4 Å². The van der Waals surface area contributed by atoms with Gasteiger partial charge in [-0.1, -0.05) is 26.2 Å². The minimum Gasteiger partial charge on any atom is -0.155 e. The van der Waals surface area contributed by atoms with Gasteiger partial charge in [0.2, 0.25) is 0 Å². The largest absolute Gasteiger partial charge is 0.155 e. The van der Waals surface area contributed by atoms with Gasteiger partial charge in [-0.2, -0.15) is 11.8 Å². The quantitative estimate of drug-likeness (QED) is 0.580. The highest BCUT2D eigenvalue weighted by Gasteiger charge is 2.46. The molecule has 1 heterocycles. The van der Waals surface area contributed by atoms with Gasteiger partial charge in [0.1, 0.15) is 0 Å². The van der Waals surface area contributed by atoms with Crippen LogP contribution in [0.15, 0.2) is 0 Å². The number of hydrogen-bond donors (Lipinski definition) is 0. The molecule has 0 bridgehead atoms. The molecule has 3 fully saturated rings. The maximum Gasteiger partial charge on any atom is 0.00837 e. The highest BCUT2D eigenvalue weighted by Crippen LogP contribution is 2.55.